The van der Waals surface area contributed by atoms with Gasteiger partial charge in [-0.1, -0.05) is 0 Å². The van der Waals surface area contributed by atoms with Gasteiger partial charge >= 0.3 is 0 Å². The molecular weight excluding hydrogens is 370 g/mol. The highest BCUT2D eigenvalue weighted by Gasteiger charge is 2.09. The Bertz CT molecular complexity index is 656. The molecule has 0 aliphatic heterocycles. The van der Waals surface area contributed by atoms with Crippen molar-refractivity contribution in [2.75, 3.05) is 26.7 Å². The molecule has 130 valence electrons. The lowest BCUT2D eigenvalue weighted by atomic mass is 10.4. The standard InChI is InChI=1S/C17H24BrN5O/c1-4-20-17(21-8-9-24-16-6-5-7-19-11-16)23(3)13-15-10-14(18)12-22(15)2/h5-7,10-12H,4,8-9,13H2,1-3H3,(H,20,21). The molecule has 0 aliphatic carbocycles. The zero-order valence-corrected chi connectivity index (χ0v) is 16.0. The van der Waals surface area contributed by atoms with Crippen LogP contribution in [0.25, 0.3) is 0 Å². The molecule has 0 unspecified atom stereocenters. The van der Waals surface area contributed by atoms with Crippen molar-refractivity contribution < 1.29 is 4.74 Å². The Morgan fingerprint density at radius 3 is 2.96 bits per heavy atom. The van der Waals surface area contributed by atoms with Gasteiger partial charge in [-0.25, -0.2) is 4.99 Å². The average Bonchev–Trinajstić information content (AvgIpc) is 2.88. The quantitative estimate of drug-likeness (QED) is 0.446. The van der Waals surface area contributed by atoms with Gasteiger partial charge in [0.2, 0.25) is 0 Å². The first kappa shape index (κ1) is 18.3. The van der Waals surface area contributed by atoms with Crippen molar-refractivity contribution in [2.24, 2.45) is 12.0 Å². The van der Waals surface area contributed by atoms with Gasteiger partial charge < -0.3 is 19.5 Å². The molecule has 0 aromatic carbocycles. The summed E-state index contributed by atoms with van der Waals surface area (Å²) in [5, 5.41) is 3.31. The molecule has 2 aromatic rings. The van der Waals surface area contributed by atoms with Crippen LogP contribution >= 0.6 is 15.9 Å². The van der Waals surface area contributed by atoms with E-state index in [1.165, 1.54) is 5.69 Å². The molecule has 0 radical (unpaired) electrons. The lowest BCUT2D eigenvalue weighted by molar-refractivity contribution is 0.326. The molecule has 1 N–H and O–H groups in total. The molecular formula is C17H24BrN5O. The fourth-order valence-electron chi connectivity index (χ4n) is 2.26. The first-order chi connectivity index (χ1) is 11.6. The van der Waals surface area contributed by atoms with Crippen molar-refractivity contribution in [3.05, 3.63) is 47.0 Å². The highest BCUT2D eigenvalue weighted by molar-refractivity contribution is 9.10. The third-order valence-corrected chi connectivity index (χ3v) is 3.86. The third kappa shape index (κ3) is 5.56. The van der Waals surface area contributed by atoms with Crippen LogP contribution in [0.15, 0.2) is 46.3 Å². The number of pyridine rings is 1. The molecule has 0 saturated carbocycles. The normalized spacial score (nSPS) is 11.4. The lowest BCUT2D eigenvalue weighted by Crippen LogP contribution is -2.39. The molecule has 0 aliphatic rings. The topological polar surface area (TPSA) is 54.7 Å². The van der Waals surface area contributed by atoms with Gasteiger partial charge in [0.15, 0.2) is 5.96 Å². The summed E-state index contributed by atoms with van der Waals surface area (Å²) in [6.45, 7) is 4.76. The summed E-state index contributed by atoms with van der Waals surface area (Å²) in [5.74, 6) is 1.63. The average molecular weight is 394 g/mol. The molecule has 0 bridgehead atoms. The number of hydrogen-bond donors (Lipinski definition) is 1. The number of aryl methyl sites for hydroxylation is 1. The monoisotopic (exact) mass is 393 g/mol. The highest BCUT2D eigenvalue weighted by Crippen LogP contribution is 2.15. The Morgan fingerprint density at radius 2 is 2.33 bits per heavy atom. The van der Waals surface area contributed by atoms with Gasteiger partial charge in [0.25, 0.3) is 0 Å². The van der Waals surface area contributed by atoms with Crippen LogP contribution in [0, 0.1) is 0 Å². The van der Waals surface area contributed by atoms with Crippen molar-refractivity contribution in [3.63, 3.8) is 0 Å². The van der Waals surface area contributed by atoms with E-state index in [9.17, 15) is 0 Å². The van der Waals surface area contributed by atoms with Gasteiger partial charge in [-0.05, 0) is 41.1 Å². The fourth-order valence-corrected chi connectivity index (χ4v) is 2.83. The van der Waals surface area contributed by atoms with Crippen LogP contribution in [0.4, 0.5) is 0 Å². The number of aliphatic imine (C=N–C) groups is 1. The van der Waals surface area contributed by atoms with Gasteiger partial charge in [-0.3, -0.25) is 4.98 Å². The number of ether oxygens (including phenoxy) is 1. The number of halogens is 1. The third-order valence-electron chi connectivity index (χ3n) is 3.43. The zero-order valence-electron chi connectivity index (χ0n) is 14.4. The molecule has 2 heterocycles. The number of rotatable bonds is 7. The second-order valence-corrected chi connectivity index (χ2v) is 6.31. The molecule has 2 rings (SSSR count). The summed E-state index contributed by atoms with van der Waals surface area (Å²) in [4.78, 5) is 10.8. The molecule has 24 heavy (non-hydrogen) atoms. The van der Waals surface area contributed by atoms with Gasteiger partial charge in [0, 0.05) is 43.2 Å². The van der Waals surface area contributed by atoms with E-state index in [1.54, 1.807) is 12.4 Å². The molecule has 0 fully saturated rings. The Labute approximate surface area is 151 Å². The fraction of sp³-hybridized carbons (Fsp3) is 0.412. The molecule has 6 nitrogen and oxygen atoms in total. The number of guanidine groups is 1. The van der Waals surface area contributed by atoms with E-state index in [0.717, 1.165) is 29.3 Å². The van der Waals surface area contributed by atoms with E-state index in [0.29, 0.717) is 13.2 Å². The number of nitrogens with zero attached hydrogens (tertiary/aromatic N) is 4. The van der Waals surface area contributed by atoms with E-state index in [4.69, 9.17) is 4.74 Å². The second kappa shape index (κ2) is 9.32. The number of nitrogens with one attached hydrogen (secondary N) is 1. The predicted molar refractivity (Wildman–Crippen MR) is 100 cm³/mol. The Balaban J connectivity index is 1.90. The maximum Gasteiger partial charge on any atom is 0.194 e. The molecule has 0 amide bonds. The summed E-state index contributed by atoms with van der Waals surface area (Å²) < 4.78 is 8.82. The molecule has 0 spiro atoms. The Hall–Kier alpha value is -2.02. The van der Waals surface area contributed by atoms with Crippen molar-refractivity contribution in [1.29, 1.82) is 0 Å². The van der Waals surface area contributed by atoms with E-state index >= 15 is 0 Å². The minimum atomic E-state index is 0.518. The molecule has 2 aromatic heterocycles. The van der Waals surface area contributed by atoms with Crippen LogP contribution in [0.3, 0.4) is 0 Å². The van der Waals surface area contributed by atoms with Crippen LogP contribution in [0.5, 0.6) is 5.75 Å². The van der Waals surface area contributed by atoms with Crippen molar-refractivity contribution >= 4 is 21.9 Å². The minimum Gasteiger partial charge on any atom is -0.490 e. The van der Waals surface area contributed by atoms with E-state index < -0.39 is 0 Å². The zero-order chi connectivity index (χ0) is 17.4. The second-order valence-electron chi connectivity index (χ2n) is 5.39. The van der Waals surface area contributed by atoms with Gasteiger partial charge in [0.1, 0.15) is 12.4 Å². The molecule has 0 saturated heterocycles. The Kier molecular flexibility index (Phi) is 7.11. The maximum atomic E-state index is 5.63. The summed E-state index contributed by atoms with van der Waals surface area (Å²) in [6.07, 6.45) is 5.48. The van der Waals surface area contributed by atoms with Crippen LogP contribution in [-0.2, 0) is 13.6 Å². The van der Waals surface area contributed by atoms with Crippen LogP contribution < -0.4 is 10.1 Å². The molecule has 0 atom stereocenters. The van der Waals surface area contributed by atoms with Gasteiger partial charge in [-0.15, -0.1) is 0 Å². The summed E-state index contributed by atoms with van der Waals surface area (Å²) in [7, 11) is 4.07. The summed E-state index contributed by atoms with van der Waals surface area (Å²) >= 11 is 3.51. The van der Waals surface area contributed by atoms with Gasteiger partial charge in [0.05, 0.1) is 19.3 Å². The smallest absolute Gasteiger partial charge is 0.194 e. The SMILES string of the molecule is CCNC(=NCCOc1cccnc1)N(C)Cc1cc(Br)cn1C. The molecule has 7 heteroatoms. The Morgan fingerprint density at radius 1 is 1.50 bits per heavy atom. The summed E-state index contributed by atoms with van der Waals surface area (Å²) in [6, 6.07) is 5.86. The minimum absolute atomic E-state index is 0.518. The summed E-state index contributed by atoms with van der Waals surface area (Å²) in [5.41, 5.74) is 1.21. The van der Waals surface area contributed by atoms with Crippen LogP contribution in [-0.4, -0.2) is 47.2 Å². The van der Waals surface area contributed by atoms with E-state index in [2.05, 4.69) is 59.9 Å². The lowest BCUT2D eigenvalue weighted by Gasteiger charge is -2.22. The van der Waals surface area contributed by atoms with Crippen LogP contribution in [0.1, 0.15) is 12.6 Å². The first-order valence-corrected chi connectivity index (χ1v) is 8.72. The first-order valence-electron chi connectivity index (χ1n) is 7.93. The van der Waals surface area contributed by atoms with Crippen molar-refractivity contribution in [2.45, 2.75) is 13.5 Å². The number of hydrogen-bond acceptors (Lipinski definition) is 3. The van der Waals surface area contributed by atoms with Crippen molar-refractivity contribution in [3.8, 4) is 5.75 Å². The van der Waals surface area contributed by atoms with E-state index in [1.807, 2.05) is 26.2 Å². The van der Waals surface area contributed by atoms with Crippen LogP contribution in [0.2, 0.25) is 0 Å². The number of aromatic nitrogens is 2. The predicted octanol–water partition coefficient (Wildman–Crippen LogP) is 2.66. The van der Waals surface area contributed by atoms with Gasteiger partial charge in [-0.2, -0.15) is 0 Å². The maximum absolute atomic E-state index is 5.63. The van der Waals surface area contributed by atoms with Crippen molar-refractivity contribution in [1.82, 2.24) is 19.8 Å². The highest BCUT2D eigenvalue weighted by atomic mass is 79.9. The largest absolute Gasteiger partial charge is 0.490 e. The van der Waals surface area contributed by atoms with E-state index in [-0.39, 0.29) is 0 Å².